The molecule has 2 nitrogen and oxygen atoms in total. The number of alkyl halides is 1. The van der Waals surface area contributed by atoms with Gasteiger partial charge < -0.3 is 4.90 Å². The van der Waals surface area contributed by atoms with Gasteiger partial charge in [-0.15, -0.1) is 11.3 Å². The van der Waals surface area contributed by atoms with Crippen molar-refractivity contribution in [1.82, 2.24) is 4.90 Å². The van der Waals surface area contributed by atoms with Gasteiger partial charge in [0.05, 0.1) is 0 Å². The van der Waals surface area contributed by atoms with E-state index in [1.54, 1.807) is 11.3 Å². The average molecular weight is 344 g/mol. The SMILES string of the molecule is O=C(CCCc1cccs1)N(CCCBr)C1CCC1. The topological polar surface area (TPSA) is 20.3 Å². The number of hydrogen-bond acceptors (Lipinski definition) is 2. The van der Waals surface area contributed by atoms with E-state index in [4.69, 9.17) is 0 Å². The number of thiophene rings is 1. The van der Waals surface area contributed by atoms with Crippen LogP contribution >= 0.6 is 27.3 Å². The molecule has 1 aliphatic rings. The fourth-order valence-corrected chi connectivity index (χ4v) is 3.45. The fraction of sp³-hybridized carbons (Fsp3) is 0.667. The van der Waals surface area contributed by atoms with Crippen molar-refractivity contribution in [3.05, 3.63) is 22.4 Å². The normalized spacial score (nSPS) is 15.2. The van der Waals surface area contributed by atoms with Gasteiger partial charge in [-0.1, -0.05) is 22.0 Å². The molecule has 106 valence electrons. The standard InChI is InChI=1S/C15H22BrNOS/c16-10-4-11-17(13-5-1-6-13)15(18)9-2-7-14-8-3-12-19-14/h3,8,12-13H,1-2,4-7,9-11H2. The van der Waals surface area contributed by atoms with Crippen molar-refractivity contribution in [3.8, 4) is 0 Å². The Morgan fingerprint density at radius 1 is 1.42 bits per heavy atom. The average Bonchev–Trinajstić information content (AvgIpc) is 2.84. The van der Waals surface area contributed by atoms with Crippen LogP contribution in [-0.4, -0.2) is 28.7 Å². The Hall–Kier alpha value is -0.350. The first kappa shape index (κ1) is 15.0. The van der Waals surface area contributed by atoms with Gasteiger partial charge in [0.25, 0.3) is 0 Å². The van der Waals surface area contributed by atoms with Crippen molar-refractivity contribution in [2.75, 3.05) is 11.9 Å². The molecular weight excluding hydrogens is 322 g/mol. The lowest BCUT2D eigenvalue weighted by atomic mass is 9.91. The van der Waals surface area contributed by atoms with Crippen LogP contribution in [0.25, 0.3) is 0 Å². The number of carbonyl (C=O) groups is 1. The summed E-state index contributed by atoms with van der Waals surface area (Å²) in [6.45, 7) is 0.924. The van der Waals surface area contributed by atoms with E-state index in [-0.39, 0.29) is 0 Å². The third-order valence-electron chi connectivity index (χ3n) is 3.76. The van der Waals surface area contributed by atoms with E-state index >= 15 is 0 Å². The third kappa shape index (κ3) is 4.60. The highest BCUT2D eigenvalue weighted by molar-refractivity contribution is 9.09. The van der Waals surface area contributed by atoms with Crippen LogP contribution < -0.4 is 0 Å². The van der Waals surface area contributed by atoms with Crippen molar-refractivity contribution in [2.24, 2.45) is 0 Å². The maximum atomic E-state index is 12.3. The van der Waals surface area contributed by atoms with Crippen LogP contribution in [0.15, 0.2) is 17.5 Å². The molecule has 0 spiro atoms. The molecule has 0 atom stereocenters. The molecule has 4 heteroatoms. The first-order chi connectivity index (χ1) is 9.31. The van der Waals surface area contributed by atoms with Gasteiger partial charge in [-0.3, -0.25) is 4.79 Å². The summed E-state index contributed by atoms with van der Waals surface area (Å²) in [5, 5.41) is 3.09. The predicted octanol–water partition coefficient (Wildman–Crippen LogP) is 4.24. The highest BCUT2D eigenvalue weighted by atomic mass is 79.9. The highest BCUT2D eigenvalue weighted by Crippen LogP contribution is 2.26. The minimum atomic E-state index is 0.363. The minimum Gasteiger partial charge on any atom is -0.340 e. The van der Waals surface area contributed by atoms with Gasteiger partial charge in [-0.2, -0.15) is 0 Å². The third-order valence-corrected chi connectivity index (χ3v) is 5.26. The molecule has 19 heavy (non-hydrogen) atoms. The van der Waals surface area contributed by atoms with E-state index < -0.39 is 0 Å². The van der Waals surface area contributed by atoms with Crippen molar-refractivity contribution >= 4 is 33.2 Å². The van der Waals surface area contributed by atoms with Gasteiger partial charge in [-0.25, -0.2) is 0 Å². The molecule has 1 aromatic heterocycles. The van der Waals surface area contributed by atoms with Gasteiger partial charge in [0.15, 0.2) is 0 Å². The second-order valence-corrected chi connectivity index (χ2v) is 6.97. The van der Waals surface area contributed by atoms with Crippen LogP contribution in [0.5, 0.6) is 0 Å². The monoisotopic (exact) mass is 343 g/mol. The summed E-state index contributed by atoms with van der Waals surface area (Å²) in [5.74, 6) is 0.363. The van der Waals surface area contributed by atoms with E-state index in [1.807, 2.05) is 0 Å². The zero-order valence-electron chi connectivity index (χ0n) is 11.3. The molecule has 0 bridgehead atoms. The van der Waals surface area contributed by atoms with Gasteiger partial charge >= 0.3 is 0 Å². The van der Waals surface area contributed by atoms with E-state index in [1.165, 1.54) is 24.1 Å². The molecule has 0 radical (unpaired) electrons. The Bertz CT molecular complexity index is 376. The molecule has 2 rings (SSSR count). The van der Waals surface area contributed by atoms with Gasteiger partial charge in [0.1, 0.15) is 0 Å². The first-order valence-electron chi connectivity index (χ1n) is 7.19. The highest BCUT2D eigenvalue weighted by Gasteiger charge is 2.27. The lowest BCUT2D eigenvalue weighted by Crippen LogP contribution is -2.44. The number of nitrogens with zero attached hydrogens (tertiary/aromatic N) is 1. The Kier molecular flexibility index (Phi) is 6.38. The Morgan fingerprint density at radius 3 is 2.84 bits per heavy atom. The quantitative estimate of drug-likeness (QED) is 0.646. The lowest BCUT2D eigenvalue weighted by molar-refractivity contribution is -0.135. The molecule has 1 saturated carbocycles. The number of rotatable bonds is 8. The predicted molar refractivity (Wildman–Crippen MR) is 85.0 cm³/mol. The van der Waals surface area contributed by atoms with E-state index in [0.29, 0.717) is 18.4 Å². The van der Waals surface area contributed by atoms with Crippen LogP contribution in [-0.2, 0) is 11.2 Å². The number of halogens is 1. The molecule has 1 aromatic rings. The summed E-state index contributed by atoms with van der Waals surface area (Å²) >= 11 is 5.25. The van der Waals surface area contributed by atoms with Crippen molar-refractivity contribution in [3.63, 3.8) is 0 Å². The van der Waals surface area contributed by atoms with E-state index in [9.17, 15) is 4.79 Å². The molecule has 1 amide bonds. The molecule has 1 aliphatic carbocycles. The zero-order valence-corrected chi connectivity index (χ0v) is 13.7. The molecule has 0 unspecified atom stereocenters. The van der Waals surface area contributed by atoms with Gasteiger partial charge in [0, 0.05) is 29.2 Å². The summed E-state index contributed by atoms with van der Waals surface area (Å²) in [5.41, 5.74) is 0. The summed E-state index contributed by atoms with van der Waals surface area (Å²) in [7, 11) is 0. The zero-order chi connectivity index (χ0) is 13.5. The van der Waals surface area contributed by atoms with Crippen LogP contribution in [0.3, 0.4) is 0 Å². The van der Waals surface area contributed by atoms with Crippen LogP contribution in [0.4, 0.5) is 0 Å². The van der Waals surface area contributed by atoms with Crippen LogP contribution in [0.2, 0.25) is 0 Å². The Balaban J connectivity index is 1.74. The molecule has 0 N–H and O–H groups in total. The van der Waals surface area contributed by atoms with Gasteiger partial charge in [0.2, 0.25) is 5.91 Å². The summed E-state index contributed by atoms with van der Waals surface area (Å²) < 4.78 is 0. The lowest BCUT2D eigenvalue weighted by Gasteiger charge is -2.37. The fourth-order valence-electron chi connectivity index (χ4n) is 2.45. The summed E-state index contributed by atoms with van der Waals surface area (Å²) in [6, 6.07) is 4.77. The molecule has 0 aliphatic heterocycles. The van der Waals surface area contributed by atoms with E-state index in [0.717, 1.165) is 31.1 Å². The molecule has 0 aromatic carbocycles. The molecule has 0 saturated heterocycles. The smallest absolute Gasteiger partial charge is 0.222 e. The van der Waals surface area contributed by atoms with Crippen LogP contribution in [0.1, 0.15) is 43.4 Å². The van der Waals surface area contributed by atoms with Crippen LogP contribution in [0, 0.1) is 0 Å². The molecule has 1 fully saturated rings. The van der Waals surface area contributed by atoms with Crippen molar-refractivity contribution in [1.29, 1.82) is 0 Å². The summed E-state index contributed by atoms with van der Waals surface area (Å²) in [4.78, 5) is 15.9. The summed E-state index contributed by atoms with van der Waals surface area (Å²) in [6.07, 6.45) is 7.50. The Morgan fingerprint density at radius 2 is 2.26 bits per heavy atom. The maximum absolute atomic E-state index is 12.3. The number of hydrogen-bond donors (Lipinski definition) is 0. The maximum Gasteiger partial charge on any atom is 0.222 e. The van der Waals surface area contributed by atoms with E-state index in [2.05, 4.69) is 38.3 Å². The van der Waals surface area contributed by atoms with Crippen molar-refractivity contribution in [2.45, 2.75) is 51.0 Å². The second kappa shape index (κ2) is 8.05. The largest absolute Gasteiger partial charge is 0.340 e. The number of carbonyl (C=O) groups excluding carboxylic acids is 1. The number of aryl methyl sites for hydroxylation is 1. The van der Waals surface area contributed by atoms with Crippen molar-refractivity contribution < 1.29 is 4.79 Å². The van der Waals surface area contributed by atoms with Gasteiger partial charge in [-0.05, 0) is 50.0 Å². The minimum absolute atomic E-state index is 0.363. The second-order valence-electron chi connectivity index (χ2n) is 5.15. The molecule has 1 heterocycles. The first-order valence-corrected chi connectivity index (χ1v) is 9.19. The number of amides is 1. The Labute approximate surface area is 128 Å². The molecular formula is C15H22BrNOS.